The number of amides is 1. The molecule has 15 heteroatoms. The van der Waals surface area contributed by atoms with Gasteiger partial charge < -0.3 is 35.2 Å². The smallest absolute Gasteiger partial charge is 0.394 e. The molecule has 0 spiro atoms. The number of phosphoric acid groups is 2. The van der Waals surface area contributed by atoms with Gasteiger partial charge in [0.25, 0.3) is 0 Å². The predicted octanol–water partition coefficient (Wildman–Crippen LogP) is 6.13. The molecule has 1 fully saturated rings. The molecule has 1 heterocycles. The lowest BCUT2D eigenvalue weighted by Crippen LogP contribution is -2.64. The number of phosphoric ester groups is 2. The molecule has 8 atom stereocenters. The van der Waals surface area contributed by atoms with Gasteiger partial charge in [0.1, 0.15) is 24.4 Å². The largest absolute Gasteiger partial charge is 0.483 e. The number of aliphatic hydroxyl groups is 3. The van der Waals surface area contributed by atoms with Gasteiger partial charge in [-0.3, -0.25) is 13.8 Å². The molecule has 1 aliphatic rings. The molecule has 0 saturated carbocycles. The summed E-state index contributed by atoms with van der Waals surface area (Å²) in [5.41, 5.74) is 5.48. The zero-order valence-electron chi connectivity index (χ0n) is 29.5. The molecule has 0 radical (unpaired) electrons. The fourth-order valence-corrected chi connectivity index (χ4v) is 7.15. The Bertz CT molecular complexity index is 1210. The van der Waals surface area contributed by atoms with Gasteiger partial charge >= 0.3 is 15.6 Å². The van der Waals surface area contributed by atoms with Crippen molar-refractivity contribution in [2.75, 3.05) is 13.2 Å². The SMILES string of the molecule is CC(=O)NC1C(OP(=O)(O)OP(=O)(O)OCCC(C)CCC=C(C)CCC=C(C)CCC=C(C)CCC=C(C)C)OC(CO)C(O)C1O. The number of ether oxygens (including phenoxy) is 1. The minimum absolute atomic E-state index is 0.115. The minimum Gasteiger partial charge on any atom is -0.394 e. The van der Waals surface area contributed by atoms with Gasteiger partial charge in [0.2, 0.25) is 5.91 Å². The van der Waals surface area contributed by atoms with Gasteiger partial charge in [0.15, 0.2) is 6.29 Å². The van der Waals surface area contributed by atoms with Crippen molar-refractivity contribution in [1.29, 1.82) is 0 Å². The van der Waals surface area contributed by atoms with Crippen molar-refractivity contribution in [1.82, 2.24) is 5.32 Å². The summed E-state index contributed by atoms with van der Waals surface area (Å²) in [7, 11) is -10.5. The van der Waals surface area contributed by atoms with Gasteiger partial charge in [0.05, 0.1) is 13.2 Å². The molecule has 1 saturated heterocycles. The lowest BCUT2D eigenvalue weighted by Gasteiger charge is -2.42. The van der Waals surface area contributed by atoms with Crippen molar-refractivity contribution < 1.29 is 57.1 Å². The van der Waals surface area contributed by atoms with Gasteiger partial charge in [-0.25, -0.2) is 9.13 Å². The Hall–Kier alpha value is -1.47. The Morgan fingerprint density at radius 3 is 1.83 bits per heavy atom. The van der Waals surface area contributed by atoms with Gasteiger partial charge in [-0.2, -0.15) is 4.31 Å². The monoisotopic (exact) mass is 723 g/mol. The highest BCUT2D eigenvalue weighted by atomic mass is 31.3. The number of aliphatic hydroxyl groups excluding tert-OH is 3. The second kappa shape index (κ2) is 22.4. The van der Waals surface area contributed by atoms with Crippen LogP contribution in [0, 0.1) is 5.92 Å². The van der Waals surface area contributed by atoms with Gasteiger partial charge in [-0.15, -0.1) is 0 Å². The summed E-state index contributed by atoms with van der Waals surface area (Å²) in [5.74, 6) is -0.585. The Morgan fingerprint density at radius 2 is 1.33 bits per heavy atom. The van der Waals surface area contributed by atoms with Crippen molar-refractivity contribution >= 4 is 21.6 Å². The fraction of sp³-hybridized carbons (Fsp3) is 0.727. The van der Waals surface area contributed by atoms with Gasteiger partial charge in [-0.1, -0.05) is 53.5 Å². The minimum atomic E-state index is -5.38. The van der Waals surface area contributed by atoms with Crippen LogP contribution < -0.4 is 5.32 Å². The highest BCUT2D eigenvalue weighted by Crippen LogP contribution is 2.61. The maximum absolute atomic E-state index is 12.5. The third kappa shape index (κ3) is 19.1. The molecule has 0 aromatic carbocycles. The van der Waals surface area contributed by atoms with Crippen LogP contribution in [0.5, 0.6) is 0 Å². The van der Waals surface area contributed by atoms with Gasteiger partial charge in [0, 0.05) is 6.92 Å². The van der Waals surface area contributed by atoms with Crippen molar-refractivity contribution in [3.63, 3.8) is 0 Å². The Kier molecular flexibility index (Phi) is 20.8. The number of hydrogen-bond donors (Lipinski definition) is 6. The van der Waals surface area contributed by atoms with E-state index in [1.807, 2.05) is 6.92 Å². The fourth-order valence-electron chi connectivity index (χ4n) is 4.98. The lowest BCUT2D eigenvalue weighted by atomic mass is 9.97. The summed E-state index contributed by atoms with van der Waals surface area (Å²) in [6, 6.07) is -1.56. The molecule has 13 nitrogen and oxygen atoms in total. The van der Waals surface area contributed by atoms with Crippen LogP contribution in [0.2, 0.25) is 0 Å². The summed E-state index contributed by atoms with van der Waals surface area (Å²) >= 11 is 0. The van der Waals surface area contributed by atoms with Crippen LogP contribution in [0.3, 0.4) is 0 Å². The van der Waals surface area contributed by atoms with Crippen molar-refractivity contribution in [3.8, 4) is 0 Å². The zero-order valence-corrected chi connectivity index (χ0v) is 31.3. The second-order valence-corrected chi connectivity index (χ2v) is 15.9. The van der Waals surface area contributed by atoms with Crippen LogP contribution in [0.1, 0.15) is 106 Å². The topological polar surface area (TPSA) is 201 Å². The van der Waals surface area contributed by atoms with E-state index in [4.69, 9.17) is 13.8 Å². The first-order valence-corrected chi connectivity index (χ1v) is 19.5. The first-order chi connectivity index (χ1) is 22.4. The molecule has 0 aromatic rings. The lowest BCUT2D eigenvalue weighted by molar-refractivity contribution is -0.247. The number of carbonyl (C=O) groups is 1. The van der Waals surface area contributed by atoms with E-state index < -0.39 is 58.8 Å². The van der Waals surface area contributed by atoms with Crippen LogP contribution in [0.25, 0.3) is 0 Å². The maximum atomic E-state index is 12.5. The highest BCUT2D eigenvalue weighted by molar-refractivity contribution is 7.61. The number of hydrogen-bond acceptors (Lipinski definition) is 10. The standard InChI is InChI=1S/C33H59NO12P2/c1-23(2)12-8-13-24(3)14-9-15-25(4)16-10-17-26(5)18-11-19-27(6)20-21-43-47(39,40)46-48(41,42)45-33-30(34-28(7)36)32(38)31(37)29(22-35)44-33/h12,14,16,18,27,29-33,35,37-38H,8-11,13,15,17,19-22H2,1-7H3,(H,34,36)(H,39,40)(H,41,42). The summed E-state index contributed by atoms with van der Waals surface area (Å²) in [6.45, 7) is 12.7. The van der Waals surface area contributed by atoms with Crippen LogP contribution in [0.4, 0.5) is 0 Å². The molecule has 278 valence electrons. The Balaban J connectivity index is 2.45. The Labute approximate surface area is 286 Å². The molecular weight excluding hydrogens is 664 g/mol. The molecular formula is C33H59NO12P2. The molecule has 1 rings (SSSR count). The van der Waals surface area contributed by atoms with E-state index in [9.17, 15) is 39.0 Å². The van der Waals surface area contributed by atoms with E-state index in [1.54, 1.807) is 0 Å². The molecule has 0 aliphatic carbocycles. The van der Waals surface area contributed by atoms with Gasteiger partial charge in [-0.05, 0) is 98.3 Å². The molecule has 0 bridgehead atoms. The predicted molar refractivity (Wildman–Crippen MR) is 185 cm³/mol. The van der Waals surface area contributed by atoms with Crippen molar-refractivity contribution in [2.45, 2.75) is 137 Å². The average molecular weight is 724 g/mol. The number of allylic oxidation sites excluding steroid dienone is 8. The molecule has 8 unspecified atom stereocenters. The van der Waals surface area contributed by atoms with E-state index in [-0.39, 0.29) is 12.5 Å². The molecule has 6 N–H and O–H groups in total. The summed E-state index contributed by atoms with van der Waals surface area (Å²) in [4.78, 5) is 31.7. The summed E-state index contributed by atoms with van der Waals surface area (Å²) < 4.78 is 44.2. The van der Waals surface area contributed by atoms with E-state index in [1.165, 1.54) is 22.3 Å². The quantitative estimate of drug-likeness (QED) is 0.0552. The highest BCUT2D eigenvalue weighted by Gasteiger charge is 2.49. The van der Waals surface area contributed by atoms with E-state index in [0.29, 0.717) is 6.42 Å². The Morgan fingerprint density at radius 1 is 0.812 bits per heavy atom. The molecule has 1 aliphatic heterocycles. The second-order valence-electron chi connectivity index (χ2n) is 12.9. The van der Waals surface area contributed by atoms with Crippen LogP contribution in [-0.4, -0.2) is 74.9 Å². The van der Waals surface area contributed by atoms with Crippen molar-refractivity contribution in [3.05, 3.63) is 46.6 Å². The van der Waals surface area contributed by atoms with Crippen LogP contribution >= 0.6 is 15.6 Å². The molecule has 48 heavy (non-hydrogen) atoms. The third-order valence-corrected chi connectivity index (χ3v) is 10.5. The zero-order chi connectivity index (χ0) is 36.5. The van der Waals surface area contributed by atoms with E-state index in [2.05, 4.69) is 68.6 Å². The van der Waals surface area contributed by atoms with Crippen LogP contribution in [-0.2, 0) is 32.0 Å². The van der Waals surface area contributed by atoms with E-state index in [0.717, 1.165) is 58.3 Å². The summed E-state index contributed by atoms with van der Waals surface area (Å²) in [5, 5.41) is 31.9. The third-order valence-electron chi connectivity index (χ3n) is 7.87. The van der Waals surface area contributed by atoms with E-state index >= 15 is 0 Å². The normalized spacial score (nSPS) is 25.6. The summed E-state index contributed by atoms with van der Waals surface area (Å²) in [6.07, 6.45) is 10.6. The number of carbonyl (C=O) groups excluding carboxylic acids is 1. The number of rotatable bonds is 22. The molecule has 1 amide bonds. The average Bonchev–Trinajstić information content (AvgIpc) is 2.95. The number of nitrogens with one attached hydrogen (secondary N) is 1. The first kappa shape index (κ1) is 44.6. The molecule has 0 aromatic heterocycles. The van der Waals surface area contributed by atoms with Crippen molar-refractivity contribution in [2.24, 2.45) is 5.92 Å². The first-order valence-electron chi connectivity index (χ1n) is 16.6. The maximum Gasteiger partial charge on any atom is 0.483 e. The van der Waals surface area contributed by atoms with Crippen LogP contribution in [0.15, 0.2) is 46.6 Å².